The Labute approximate surface area is 173 Å². The van der Waals surface area contributed by atoms with E-state index in [1.165, 1.54) is 11.3 Å². The fourth-order valence-corrected chi connectivity index (χ4v) is 3.93. The minimum atomic E-state index is -0.604. The van der Waals surface area contributed by atoms with Crippen LogP contribution in [0.4, 0.5) is 5.00 Å². The summed E-state index contributed by atoms with van der Waals surface area (Å²) < 4.78 is 15.4. The molecule has 0 spiro atoms. The summed E-state index contributed by atoms with van der Waals surface area (Å²) in [6.45, 7) is 3.99. The molecular weight excluding hydrogens is 394 g/mol. The Kier molecular flexibility index (Phi) is 7.00. The molecule has 1 N–H and O–H groups in total. The van der Waals surface area contributed by atoms with Crippen molar-refractivity contribution in [2.45, 2.75) is 32.8 Å². The summed E-state index contributed by atoms with van der Waals surface area (Å²) in [7, 11) is 0. The summed E-state index contributed by atoms with van der Waals surface area (Å²) in [5.74, 6) is -1.59. The van der Waals surface area contributed by atoms with Gasteiger partial charge in [0.25, 0.3) is 5.91 Å². The van der Waals surface area contributed by atoms with Crippen molar-refractivity contribution in [3.8, 4) is 11.1 Å². The summed E-state index contributed by atoms with van der Waals surface area (Å²) in [5, 5.41) is 4.81. The van der Waals surface area contributed by atoms with Crippen LogP contribution in [0.15, 0.2) is 29.6 Å². The molecule has 8 heteroatoms. The maximum atomic E-state index is 12.5. The van der Waals surface area contributed by atoms with Gasteiger partial charge < -0.3 is 19.5 Å². The third-order valence-electron chi connectivity index (χ3n) is 4.42. The molecule has 1 aliphatic heterocycles. The number of amides is 1. The standard InChI is InChI=1S/C21H23NO6S/c1-3-26-21(25)18-15(14-8-6-13(2)7-9-14)12-29-19(18)22-17(23)11-28-20(24)16-5-4-10-27-16/h6-9,12,16H,3-5,10-11H2,1-2H3,(H,22,23). The molecule has 1 atom stereocenters. The Morgan fingerprint density at radius 1 is 1.21 bits per heavy atom. The summed E-state index contributed by atoms with van der Waals surface area (Å²) >= 11 is 1.22. The van der Waals surface area contributed by atoms with E-state index in [9.17, 15) is 14.4 Å². The van der Waals surface area contributed by atoms with Crippen molar-refractivity contribution in [2.24, 2.45) is 0 Å². The monoisotopic (exact) mass is 417 g/mol. The number of hydrogen-bond donors (Lipinski definition) is 1. The molecule has 0 bridgehead atoms. The van der Waals surface area contributed by atoms with E-state index in [0.29, 0.717) is 29.2 Å². The fourth-order valence-electron chi connectivity index (χ4n) is 2.96. The van der Waals surface area contributed by atoms with Crippen LogP contribution in [-0.4, -0.2) is 43.8 Å². The lowest BCUT2D eigenvalue weighted by atomic mass is 10.0. The van der Waals surface area contributed by atoms with Crippen LogP contribution in [0.5, 0.6) is 0 Å². The smallest absolute Gasteiger partial charge is 0.341 e. The second kappa shape index (κ2) is 9.67. The van der Waals surface area contributed by atoms with Crippen molar-refractivity contribution in [3.63, 3.8) is 0 Å². The van der Waals surface area contributed by atoms with Crippen LogP contribution in [0, 0.1) is 6.92 Å². The fraction of sp³-hybridized carbons (Fsp3) is 0.381. The van der Waals surface area contributed by atoms with Crippen molar-refractivity contribution in [2.75, 3.05) is 25.1 Å². The lowest BCUT2D eigenvalue weighted by Gasteiger charge is -2.11. The maximum Gasteiger partial charge on any atom is 0.341 e. The molecule has 7 nitrogen and oxygen atoms in total. The van der Waals surface area contributed by atoms with Gasteiger partial charge >= 0.3 is 11.9 Å². The SMILES string of the molecule is CCOC(=O)c1c(-c2ccc(C)cc2)csc1NC(=O)COC(=O)C1CCCO1. The van der Waals surface area contributed by atoms with E-state index in [4.69, 9.17) is 14.2 Å². The van der Waals surface area contributed by atoms with Crippen molar-refractivity contribution in [1.82, 2.24) is 0 Å². The number of carbonyl (C=O) groups is 3. The molecule has 0 aliphatic carbocycles. The Morgan fingerprint density at radius 3 is 2.62 bits per heavy atom. The van der Waals surface area contributed by atoms with Crippen LogP contribution in [0.1, 0.15) is 35.7 Å². The van der Waals surface area contributed by atoms with Crippen LogP contribution < -0.4 is 5.32 Å². The van der Waals surface area contributed by atoms with Gasteiger partial charge in [-0.05, 0) is 32.3 Å². The van der Waals surface area contributed by atoms with E-state index in [-0.39, 0.29) is 6.61 Å². The highest BCUT2D eigenvalue weighted by Gasteiger charge is 2.26. The number of thiophene rings is 1. The number of hydrogen-bond acceptors (Lipinski definition) is 7. The minimum Gasteiger partial charge on any atom is -0.462 e. The number of benzene rings is 1. The van der Waals surface area contributed by atoms with Crippen molar-refractivity contribution >= 4 is 34.2 Å². The Morgan fingerprint density at radius 2 is 1.97 bits per heavy atom. The molecule has 1 aliphatic rings. The van der Waals surface area contributed by atoms with E-state index in [1.54, 1.807) is 12.3 Å². The van der Waals surface area contributed by atoms with E-state index in [2.05, 4.69) is 5.32 Å². The predicted octanol–water partition coefficient (Wildman–Crippen LogP) is 3.56. The first kappa shape index (κ1) is 21.0. The quantitative estimate of drug-likeness (QED) is 0.693. The van der Waals surface area contributed by atoms with Crippen LogP contribution in [-0.2, 0) is 23.8 Å². The normalized spacial score (nSPS) is 15.7. The van der Waals surface area contributed by atoms with E-state index < -0.39 is 30.6 Å². The molecule has 1 amide bonds. The molecule has 0 saturated carbocycles. The van der Waals surface area contributed by atoms with Crippen LogP contribution in [0.3, 0.4) is 0 Å². The number of aryl methyl sites for hydroxylation is 1. The number of carbonyl (C=O) groups excluding carboxylic acids is 3. The van der Waals surface area contributed by atoms with Crippen LogP contribution >= 0.6 is 11.3 Å². The number of rotatable bonds is 7. The van der Waals surface area contributed by atoms with Gasteiger partial charge in [-0.2, -0.15) is 0 Å². The molecule has 1 fully saturated rings. The maximum absolute atomic E-state index is 12.5. The largest absolute Gasteiger partial charge is 0.462 e. The van der Waals surface area contributed by atoms with E-state index in [0.717, 1.165) is 17.5 Å². The van der Waals surface area contributed by atoms with Gasteiger partial charge in [-0.1, -0.05) is 29.8 Å². The second-order valence-corrected chi connectivity index (χ2v) is 7.48. The summed E-state index contributed by atoms with van der Waals surface area (Å²) in [6.07, 6.45) is 0.789. The molecule has 29 heavy (non-hydrogen) atoms. The van der Waals surface area contributed by atoms with Crippen molar-refractivity contribution in [1.29, 1.82) is 0 Å². The second-order valence-electron chi connectivity index (χ2n) is 6.60. The van der Waals surface area contributed by atoms with E-state index in [1.807, 2.05) is 31.2 Å². The Bertz CT molecular complexity index is 883. The summed E-state index contributed by atoms with van der Waals surface area (Å²) in [5.41, 5.74) is 2.92. The number of ether oxygens (including phenoxy) is 3. The van der Waals surface area contributed by atoms with Gasteiger partial charge in [-0.25, -0.2) is 9.59 Å². The summed E-state index contributed by atoms with van der Waals surface area (Å²) in [4.78, 5) is 36.7. The highest BCUT2D eigenvalue weighted by molar-refractivity contribution is 7.15. The summed E-state index contributed by atoms with van der Waals surface area (Å²) in [6, 6.07) is 7.72. The number of nitrogens with one attached hydrogen (secondary N) is 1. The predicted molar refractivity (Wildman–Crippen MR) is 109 cm³/mol. The molecule has 1 unspecified atom stereocenters. The minimum absolute atomic E-state index is 0.217. The zero-order chi connectivity index (χ0) is 20.8. The van der Waals surface area contributed by atoms with Gasteiger partial charge in [-0.3, -0.25) is 4.79 Å². The molecule has 1 aromatic carbocycles. The van der Waals surface area contributed by atoms with Gasteiger partial charge in [0.05, 0.1) is 6.61 Å². The molecule has 1 aromatic heterocycles. The Hall–Kier alpha value is -2.71. The van der Waals surface area contributed by atoms with Gasteiger partial charge in [0.2, 0.25) is 0 Å². The molecule has 2 heterocycles. The average Bonchev–Trinajstić information content (AvgIpc) is 3.37. The topological polar surface area (TPSA) is 90.9 Å². The first-order valence-corrected chi connectivity index (χ1v) is 10.3. The zero-order valence-corrected chi connectivity index (χ0v) is 17.2. The first-order chi connectivity index (χ1) is 14.0. The highest BCUT2D eigenvalue weighted by atomic mass is 32.1. The van der Waals surface area contributed by atoms with E-state index >= 15 is 0 Å². The molecule has 1 saturated heterocycles. The zero-order valence-electron chi connectivity index (χ0n) is 16.4. The van der Waals surface area contributed by atoms with Crippen molar-refractivity contribution < 1.29 is 28.6 Å². The lowest BCUT2D eigenvalue weighted by molar-refractivity contribution is -0.156. The molecule has 3 rings (SSSR count). The number of anilines is 1. The number of esters is 2. The molecule has 0 radical (unpaired) electrons. The van der Waals surface area contributed by atoms with Crippen molar-refractivity contribution in [3.05, 3.63) is 40.8 Å². The Balaban J connectivity index is 1.73. The third kappa shape index (κ3) is 5.21. The molecule has 154 valence electrons. The van der Waals surface area contributed by atoms with Gasteiger partial charge in [0.1, 0.15) is 10.6 Å². The highest BCUT2D eigenvalue weighted by Crippen LogP contribution is 2.36. The third-order valence-corrected chi connectivity index (χ3v) is 5.32. The molecule has 2 aromatic rings. The van der Waals surface area contributed by atoms with Crippen LogP contribution in [0.25, 0.3) is 11.1 Å². The lowest BCUT2D eigenvalue weighted by Crippen LogP contribution is -2.27. The van der Waals surface area contributed by atoms with Gasteiger partial charge in [0, 0.05) is 17.6 Å². The first-order valence-electron chi connectivity index (χ1n) is 9.43. The van der Waals surface area contributed by atoms with Gasteiger partial charge in [0.15, 0.2) is 12.7 Å². The molecular formula is C21H23NO6S. The van der Waals surface area contributed by atoms with Crippen LogP contribution in [0.2, 0.25) is 0 Å². The average molecular weight is 417 g/mol. The van der Waals surface area contributed by atoms with Gasteiger partial charge in [-0.15, -0.1) is 11.3 Å².